The lowest BCUT2D eigenvalue weighted by Gasteiger charge is -2.24. The van der Waals surface area contributed by atoms with E-state index in [0.29, 0.717) is 11.3 Å². The number of hydrogen-bond acceptors (Lipinski definition) is 4. The largest absolute Gasteiger partial charge is 0.459 e. The van der Waals surface area contributed by atoms with Crippen molar-refractivity contribution in [3.63, 3.8) is 0 Å². The van der Waals surface area contributed by atoms with Crippen molar-refractivity contribution in [3.8, 4) is 0 Å². The fourth-order valence-corrected chi connectivity index (χ4v) is 2.12. The zero-order chi connectivity index (χ0) is 15.1. The maximum absolute atomic E-state index is 13.3. The van der Waals surface area contributed by atoms with Gasteiger partial charge in [-0.05, 0) is 44.5 Å². The highest BCUT2D eigenvalue weighted by Gasteiger charge is 2.40. The number of halogens is 1. The van der Waals surface area contributed by atoms with Gasteiger partial charge < -0.3 is 15.8 Å². The molecular weight excluding hydrogens is 263 g/mol. The van der Waals surface area contributed by atoms with Crippen LogP contribution in [0.5, 0.6) is 0 Å². The van der Waals surface area contributed by atoms with Gasteiger partial charge in [-0.3, -0.25) is 9.59 Å². The lowest BCUT2D eigenvalue weighted by Crippen LogP contribution is -2.43. The molecule has 0 saturated carbocycles. The molecule has 1 aromatic carbocycles. The minimum absolute atomic E-state index is 0.383. The van der Waals surface area contributed by atoms with Gasteiger partial charge in [0.05, 0.1) is 5.92 Å². The number of esters is 1. The molecule has 0 aromatic heterocycles. The smallest absolute Gasteiger partial charge is 0.324 e. The van der Waals surface area contributed by atoms with Crippen LogP contribution in [0.15, 0.2) is 18.2 Å². The molecule has 0 spiro atoms. The Morgan fingerprint density at radius 3 is 2.70 bits per heavy atom. The summed E-state index contributed by atoms with van der Waals surface area (Å²) in [6.45, 7) is 5.12. The number of hydrogen-bond donors (Lipinski definition) is 2. The molecule has 0 radical (unpaired) electrons. The van der Waals surface area contributed by atoms with Gasteiger partial charge in [0.15, 0.2) is 0 Å². The Kier molecular flexibility index (Phi) is 3.52. The van der Waals surface area contributed by atoms with Crippen molar-refractivity contribution in [1.29, 1.82) is 0 Å². The molecular formula is C14H17FN2O3. The van der Waals surface area contributed by atoms with Crippen LogP contribution in [0.3, 0.4) is 0 Å². The summed E-state index contributed by atoms with van der Waals surface area (Å²) in [7, 11) is 0. The highest BCUT2D eigenvalue weighted by atomic mass is 19.1. The van der Waals surface area contributed by atoms with Crippen LogP contribution in [0.2, 0.25) is 0 Å². The highest BCUT2D eigenvalue weighted by molar-refractivity contribution is 6.06. The predicted molar refractivity (Wildman–Crippen MR) is 71.6 cm³/mol. The van der Waals surface area contributed by atoms with Gasteiger partial charge in [0.2, 0.25) is 5.91 Å². The van der Waals surface area contributed by atoms with Gasteiger partial charge in [-0.1, -0.05) is 0 Å². The summed E-state index contributed by atoms with van der Waals surface area (Å²) in [6, 6.07) is 2.73. The first-order chi connectivity index (χ1) is 9.19. The van der Waals surface area contributed by atoms with Crippen LogP contribution >= 0.6 is 0 Å². The van der Waals surface area contributed by atoms with E-state index in [0.717, 1.165) is 0 Å². The van der Waals surface area contributed by atoms with E-state index in [-0.39, 0.29) is 0 Å². The topological polar surface area (TPSA) is 81.4 Å². The SMILES string of the molecule is CC(C)(C)OC(=O)C(N)C1C(=O)Nc2ccc(F)cc21. The second kappa shape index (κ2) is 4.86. The molecule has 2 rings (SSSR count). The molecule has 5 nitrogen and oxygen atoms in total. The average Bonchev–Trinajstić information content (AvgIpc) is 2.61. The van der Waals surface area contributed by atoms with Gasteiger partial charge in [-0.25, -0.2) is 4.39 Å². The van der Waals surface area contributed by atoms with Crippen molar-refractivity contribution in [1.82, 2.24) is 0 Å². The van der Waals surface area contributed by atoms with Crippen molar-refractivity contribution in [2.24, 2.45) is 5.73 Å². The number of carbonyl (C=O) groups excluding carboxylic acids is 2. The monoisotopic (exact) mass is 280 g/mol. The second-order valence-corrected chi connectivity index (χ2v) is 5.76. The van der Waals surface area contributed by atoms with Crippen molar-refractivity contribution in [3.05, 3.63) is 29.6 Å². The summed E-state index contributed by atoms with van der Waals surface area (Å²) in [5.41, 5.74) is 5.98. The van der Waals surface area contributed by atoms with E-state index in [4.69, 9.17) is 10.5 Å². The normalized spacial score (nSPS) is 19.2. The summed E-state index contributed by atoms with van der Waals surface area (Å²) in [5, 5.41) is 2.58. The molecule has 20 heavy (non-hydrogen) atoms. The van der Waals surface area contributed by atoms with Crippen LogP contribution in [0.1, 0.15) is 32.3 Å². The van der Waals surface area contributed by atoms with Crippen molar-refractivity contribution in [2.45, 2.75) is 38.3 Å². The van der Waals surface area contributed by atoms with Crippen LogP contribution < -0.4 is 11.1 Å². The zero-order valence-corrected chi connectivity index (χ0v) is 11.6. The van der Waals surface area contributed by atoms with E-state index in [1.807, 2.05) is 0 Å². The number of fused-ring (bicyclic) bond motifs is 1. The minimum atomic E-state index is -1.17. The molecule has 0 fully saturated rings. The Morgan fingerprint density at radius 1 is 1.45 bits per heavy atom. The number of amides is 1. The third-order valence-electron chi connectivity index (χ3n) is 2.93. The first-order valence-corrected chi connectivity index (χ1v) is 6.28. The molecule has 0 saturated heterocycles. The van der Waals surface area contributed by atoms with Gasteiger partial charge in [0.25, 0.3) is 0 Å². The third-order valence-corrected chi connectivity index (χ3v) is 2.93. The Labute approximate surface area is 116 Å². The number of ether oxygens (including phenoxy) is 1. The van der Waals surface area contributed by atoms with Crippen molar-refractivity contribution < 1.29 is 18.7 Å². The molecule has 1 amide bonds. The van der Waals surface area contributed by atoms with Crippen LogP contribution in [-0.4, -0.2) is 23.5 Å². The average molecular weight is 280 g/mol. The molecule has 2 atom stereocenters. The van der Waals surface area contributed by atoms with E-state index in [2.05, 4.69) is 5.32 Å². The number of nitrogens with one attached hydrogen (secondary N) is 1. The Hall–Kier alpha value is -1.95. The van der Waals surface area contributed by atoms with E-state index in [1.54, 1.807) is 20.8 Å². The fraction of sp³-hybridized carbons (Fsp3) is 0.429. The summed E-state index contributed by atoms with van der Waals surface area (Å²) < 4.78 is 18.5. The number of benzene rings is 1. The predicted octanol–water partition coefficient (Wildman–Crippen LogP) is 1.53. The zero-order valence-electron chi connectivity index (χ0n) is 11.6. The Bertz CT molecular complexity index is 566. The number of nitrogens with two attached hydrogens (primary N) is 1. The molecule has 1 aliphatic rings. The maximum Gasteiger partial charge on any atom is 0.324 e. The maximum atomic E-state index is 13.3. The third kappa shape index (κ3) is 2.80. The lowest BCUT2D eigenvalue weighted by molar-refractivity contribution is -0.157. The fourth-order valence-electron chi connectivity index (χ4n) is 2.12. The molecule has 2 unspecified atom stereocenters. The van der Waals surface area contributed by atoms with Gasteiger partial charge in [0, 0.05) is 5.69 Å². The summed E-state index contributed by atoms with van der Waals surface area (Å²) in [4.78, 5) is 23.9. The standard InChI is InChI=1S/C14H17FN2O3/c1-14(2,3)20-13(19)11(16)10-8-6-7(15)4-5-9(8)17-12(10)18/h4-6,10-11H,16H2,1-3H3,(H,17,18). The van der Waals surface area contributed by atoms with Crippen LogP contribution in [-0.2, 0) is 14.3 Å². The second-order valence-electron chi connectivity index (χ2n) is 5.76. The molecule has 1 aromatic rings. The van der Waals surface area contributed by atoms with E-state index in [1.165, 1.54) is 18.2 Å². The molecule has 1 heterocycles. The number of anilines is 1. The molecule has 0 bridgehead atoms. The summed E-state index contributed by atoms with van der Waals surface area (Å²) in [5.74, 6) is -2.53. The quantitative estimate of drug-likeness (QED) is 0.805. The van der Waals surface area contributed by atoms with Crippen LogP contribution in [0.25, 0.3) is 0 Å². The van der Waals surface area contributed by atoms with Crippen molar-refractivity contribution in [2.75, 3.05) is 5.32 Å². The number of carbonyl (C=O) groups is 2. The summed E-state index contributed by atoms with van der Waals surface area (Å²) >= 11 is 0. The molecule has 6 heteroatoms. The molecule has 108 valence electrons. The lowest BCUT2D eigenvalue weighted by atomic mass is 9.93. The molecule has 1 aliphatic heterocycles. The van der Waals surface area contributed by atoms with Gasteiger partial charge >= 0.3 is 5.97 Å². The summed E-state index contributed by atoms with van der Waals surface area (Å²) in [6.07, 6.45) is 0. The van der Waals surface area contributed by atoms with E-state index < -0.39 is 35.3 Å². The van der Waals surface area contributed by atoms with Crippen LogP contribution in [0, 0.1) is 5.82 Å². The van der Waals surface area contributed by atoms with Crippen molar-refractivity contribution >= 4 is 17.6 Å². The van der Waals surface area contributed by atoms with Gasteiger partial charge in [0.1, 0.15) is 17.5 Å². The van der Waals surface area contributed by atoms with E-state index in [9.17, 15) is 14.0 Å². The first kappa shape index (κ1) is 14.5. The molecule has 3 N–H and O–H groups in total. The molecule has 0 aliphatic carbocycles. The first-order valence-electron chi connectivity index (χ1n) is 6.28. The Balaban J connectivity index is 2.27. The Morgan fingerprint density at radius 2 is 2.10 bits per heavy atom. The number of rotatable bonds is 2. The van der Waals surface area contributed by atoms with Gasteiger partial charge in [-0.15, -0.1) is 0 Å². The minimum Gasteiger partial charge on any atom is -0.459 e. The highest BCUT2D eigenvalue weighted by Crippen LogP contribution is 2.35. The van der Waals surface area contributed by atoms with E-state index >= 15 is 0 Å². The van der Waals surface area contributed by atoms with Crippen LogP contribution in [0.4, 0.5) is 10.1 Å². The van der Waals surface area contributed by atoms with Gasteiger partial charge in [-0.2, -0.15) is 0 Å².